The minimum atomic E-state index is -4.99. The summed E-state index contributed by atoms with van der Waals surface area (Å²) in [6.07, 6.45) is 79.0. The average Bonchev–Trinajstić information content (AvgIpc) is 1.01. The predicted octanol–water partition coefficient (Wildman–Crippen LogP) is 22.3. The van der Waals surface area contributed by atoms with Crippen molar-refractivity contribution < 1.29 is 80.2 Å². The molecule has 0 aliphatic rings. The minimum Gasteiger partial charge on any atom is -0.462 e. The van der Waals surface area contributed by atoms with Gasteiger partial charge in [0.05, 0.1) is 26.4 Å². The van der Waals surface area contributed by atoms with Gasteiger partial charge in [-0.2, -0.15) is 0 Å². The topological polar surface area (TPSA) is 237 Å². The lowest BCUT2D eigenvalue weighted by Gasteiger charge is -2.21. The average molecular weight is 1450 g/mol. The second kappa shape index (κ2) is 72.8. The number of phosphoric ester groups is 2. The number of aliphatic hydroxyl groups excluding tert-OH is 1. The number of hydrogen-bond acceptors (Lipinski definition) is 15. The van der Waals surface area contributed by atoms with E-state index in [1.807, 2.05) is 0 Å². The zero-order valence-corrected chi connectivity index (χ0v) is 64.4. The van der Waals surface area contributed by atoms with E-state index in [1.54, 1.807) is 0 Å². The van der Waals surface area contributed by atoms with Gasteiger partial charge in [0.1, 0.15) is 19.3 Å². The zero-order valence-electron chi connectivity index (χ0n) is 62.6. The summed E-state index contributed by atoms with van der Waals surface area (Å²) in [4.78, 5) is 72.9. The Hall–Kier alpha value is -4.54. The number of phosphoric acid groups is 2. The Balaban J connectivity index is 5.43. The van der Waals surface area contributed by atoms with Gasteiger partial charge >= 0.3 is 39.5 Å². The molecule has 0 rings (SSSR count). The molecule has 0 amide bonds. The highest BCUT2D eigenvalue weighted by molar-refractivity contribution is 7.47. The van der Waals surface area contributed by atoms with Crippen LogP contribution in [0.15, 0.2) is 122 Å². The molecule has 0 bridgehead atoms. The quantitative estimate of drug-likeness (QED) is 0.0169. The van der Waals surface area contributed by atoms with Crippen molar-refractivity contribution >= 4 is 39.5 Å². The number of allylic oxidation sites excluding steroid dienone is 20. The monoisotopic (exact) mass is 1440 g/mol. The molecule has 3 N–H and O–H groups in total. The molecule has 0 saturated heterocycles. The smallest absolute Gasteiger partial charge is 0.462 e. The van der Waals surface area contributed by atoms with E-state index in [0.29, 0.717) is 25.7 Å². The fraction of sp³-hybridized carbons (Fsp3) is 0.704. The van der Waals surface area contributed by atoms with Crippen molar-refractivity contribution in [1.82, 2.24) is 0 Å². The molecule has 0 radical (unpaired) electrons. The van der Waals surface area contributed by atoms with Gasteiger partial charge in [-0.3, -0.25) is 37.3 Å². The molecule has 0 saturated carbocycles. The summed E-state index contributed by atoms with van der Waals surface area (Å²) in [5, 5.41) is 10.6. The van der Waals surface area contributed by atoms with Crippen LogP contribution < -0.4 is 0 Å². The maximum atomic E-state index is 13.1. The lowest BCUT2D eigenvalue weighted by atomic mass is 10.0. The first-order valence-electron chi connectivity index (χ1n) is 38.8. The van der Waals surface area contributed by atoms with Crippen molar-refractivity contribution in [2.45, 2.75) is 329 Å². The number of hydrogen-bond donors (Lipinski definition) is 3. The van der Waals surface area contributed by atoms with Gasteiger partial charge in [0.2, 0.25) is 0 Å². The Bertz CT molecular complexity index is 2370. The van der Waals surface area contributed by atoms with Gasteiger partial charge in [-0.1, -0.05) is 271 Å². The number of carbonyl (C=O) groups excluding carboxylic acids is 4. The summed E-state index contributed by atoms with van der Waals surface area (Å²) >= 11 is 0. The maximum absolute atomic E-state index is 13.1. The molecule has 0 aromatic rings. The second-order valence-corrected chi connectivity index (χ2v) is 28.4. The minimum absolute atomic E-state index is 0.0671. The van der Waals surface area contributed by atoms with Crippen LogP contribution in [0, 0.1) is 0 Å². The van der Waals surface area contributed by atoms with Gasteiger partial charge in [0.25, 0.3) is 0 Å². The van der Waals surface area contributed by atoms with Gasteiger partial charge in [-0.15, -0.1) is 0 Å². The molecule has 0 aromatic carbocycles. The van der Waals surface area contributed by atoms with Gasteiger partial charge in [-0.05, 0) is 135 Å². The molecule has 17 nitrogen and oxygen atoms in total. The van der Waals surface area contributed by atoms with Crippen molar-refractivity contribution in [3.63, 3.8) is 0 Å². The van der Waals surface area contributed by atoms with E-state index in [-0.39, 0.29) is 25.7 Å². The molecular weight excluding hydrogens is 1310 g/mol. The molecule has 5 atom stereocenters. The molecule has 0 fully saturated rings. The molecule has 0 aliphatic carbocycles. The molecule has 574 valence electrons. The first-order valence-corrected chi connectivity index (χ1v) is 41.8. The van der Waals surface area contributed by atoms with Gasteiger partial charge in [0, 0.05) is 25.7 Å². The second-order valence-electron chi connectivity index (χ2n) is 25.5. The number of carbonyl (C=O) groups is 4. The van der Waals surface area contributed by atoms with E-state index >= 15 is 0 Å². The molecule has 5 unspecified atom stereocenters. The first-order chi connectivity index (χ1) is 48.7. The molecular formula is C81H138O17P2. The lowest BCUT2D eigenvalue weighted by molar-refractivity contribution is -0.161. The summed E-state index contributed by atoms with van der Waals surface area (Å²) in [6.45, 7) is 4.52. The first kappa shape index (κ1) is 95.5. The Morgan fingerprint density at radius 3 is 0.840 bits per heavy atom. The summed E-state index contributed by atoms with van der Waals surface area (Å²) in [7, 11) is -9.98. The largest absolute Gasteiger partial charge is 0.472 e. The predicted molar refractivity (Wildman–Crippen MR) is 408 cm³/mol. The summed E-state index contributed by atoms with van der Waals surface area (Å²) in [5.41, 5.74) is 0. The number of esters is 4. The Morgan fingerprint density at radius 1 is 0.290 bits per heavy atom. The van der Waals surface area contributed by atoms with Crippen molar-refractivity contribution in [1.29, 1.82) is 0 Å². The van der Waals surface area contributed by atoms with Crippen LogP contribution in [-0.4, -0.2) is 96.7 Å². The van der Waals surface area contributed by atoms with Gasteiger partial charge in [-0.25, -0.2) is 9.13 Å². The van der Waals surface area contributed by atoms with Crippen molar-refractivity contribution in [3.8, 4) is 0 Å². The van der Waals surface area contributed by atoms with Crippen LogP contribution in [-0.2, 0) is 65.4 Å². The van der Waals surface area contributed by atoms with Crippen molar-refractivity contribution in [2.75, 3.05) is 39.6 Å². The van der Waals surface area contributed by atoms with Crippen LogP contribution in [0.2, 0.25) is 0 Å². The van der Waals surface area contributed by atoms with E-state index in [2.05, 4.69) is 149 Å². The zero-order chi connectivity index (χ0) is 73.2. The highest BCUT2D eigenvalue weighted by Crippen LogP contribution is 2.45. The highest BCUT2D eigenvalue weighted by atomic mass is 31.2. The maximum Gasteiger partial charge on any atom is 0.472 e. The molecule has 0 aliphatic heterocycles. The molecule has 0 aromatic heterocycles. The number of ether oxygens (including phenoxy) is 4. The van der Waals surface area contributed by atoms with Crippen LogP contribution in [0.5, 0.6) is 0 Å². The molecule has 0 heterocycles. The standard InChI is InChI=1S/C81H138O17P2/c1-5-9-13-17-21-25-29-33-37-41-45-49-53-57-61-65-78(83)91-71-76(97-80(85)67-63-59-55-51-47-43-39-35-31-27-23-19-15-11-7-3)73-95-99(87,88)93-69-75(82)70-94-100(89,90)96-74-77(98-81(86)68-64-60-56-52-48-44-40-36-32-28-24-20-16-12-8-4)72-92-79(84)66-62-58-54-50-46-42-38-34-30-26-22-18-14-10-6-2/h9-10,13-14,21-23,25-27,33-35,37-39,45-46,49-50,75-77,82H,5-8,11-12,15-20,24,28-32,36,40-44,47-48,51-74H2,1-4H3,(H,87,88)(H,89,90)/b13-9-,14-10-,25-21-,26-22-,27-23-,37-33-,38-34-,39-35-,49-45-,50-46-. The van der Waals surface area contributed by atoms with Gasteiger partial charge < -0.3 is 33.8 Å². The van der Waals surface area contributed by atoms with Gasteiger partial charge in [0.15, 0.2) is 12.2 Å². The molecule has 0 spiro atoms. The van der Waals surface area contributed by atoms with Crippen LogP contribution >= 0.6 is 15.6 Å². The Labute approximate surface area is 606 Å². The number of rotatable bonds is 72. The van der Waals surface area contributed by atoms with Crippen molar-refractivity contribution in [3.05, 3.63) is 122 Å². The van der Waals surface area contributed by atoms with E-state index < -0.39 is 97.5 Å². The number of aliphatic hydroxyl groups is 1. The van der Waals surface area contributed by atoms with E-state index in [9.17, 15) is 43.2 Å². The van der Waals surface area contributed by atoms with Crippen LogP contribution in [0.1, 0.15) is 310 Å². The number of unbranched alkanes of at least 4 members (excludes halogenated alkanes) is 26. The molecule has 19 heteroatoms. The summed E-state index contributed by atoms with van der Waals surface area (Å²) in [5.74, 6) is -2.28. The third kappa shape index (κ3) is 71.8. The van der Waals surface area contributed by atoms with Crippen LogP contribution in [0.3, 0.4) is 0 Å². The summed E-state index contributed by atoms with van der Waals surface area (Å²) < 4.78 is 68.4. The molecule has 100 heavy (non-hydrogen) atoms. The van der Waals surface area contributed by atoms with Crippen LogP contribution in [0.25, 0.3) is 0 Å². The SMILES string of the molecule is CC/C=C\C/C=C\C/C=C\C/C=C\CCCCC(=O)OCC(COP(=O)(O)OCC(O)COP(=O)(O)OCC(COC(=O)CCCC/C=C\C/C=C\C/C=C\C/C=C\CC)OC(=O)CCCCCCCCCCCCCCCCC)OC(=O)CCCCCCC/C=C\C/C=C\CCCCC. The third-order valence-electron chi connectivity index (χ3n) is 15.9. The van der Waals surface area contributed by atoms with Crippen molar-refractivity contribution in [2.24, 2.45) is 0 Å². The highest BCUT2D eigenvalue weighted by Gasteiger charge is 2.30. The lowest BCUT2D eigenvalue weighted by Crippen LogP contribution is -2.30. The Kier molecular flexibility index (Phi) is 69.5. The van der Waals surface area contributed by atoms with E-state index in [1.165, 1.54) is 83.5 Å². The van der Waals surface area contributed by atoms with E-state index in [4.69, 9.17) is 37.0 Å². The van der Waals surface area contributed by atoms with E-state index in [0.717, 1.165) is 148 Å². The third-order valence-corrected chi connectivity index (χ3v) is 17.8. The summed E-state index contributed by atoms with van der Waals surface area (Å²) in [6, 6.07) is 0. The normalized spacial score (nSPS) is 14.6. The fourth-order valence-electron chi connectivity index (χ4n) is 10.1. The fourth-order valence-corrected chi connectivity index (χ4v) is 11.6. The van der Waals surface area contributed by atoms with Crippen LogP contribution in [0.4, 0.5) is 0 Å². The Morgan fingerprint density at radius 2 is 0.520 bits per heavy atom.